The van der Waals surface area contributed by atoms with E-state index in [1.54, 1.807) is 18.2 Å². The number of halogens is 1. The number of ether oxygens (including phenoxy) is 1. The van der Waals surface area contributed by atoms with Crippen molar-refractivity contribution < 1.29 is 18.8 Å². The van der Waals surface area contributed by atoms with Gasteiger partial charge >= 0.3 is 6.03 Å². The quantitative estimate of drug-likeness (QED) is 0.581. The molecule has 0 aliphatic rings. The molecule has 0 saturated carbocycles. The number of hydroxylamine groups is 1. The number of benzene rings is 2. The van der Waals surface area contributed by atoms with Crippen LogP contribution >= 0.6 is 0 Å². The number of carbonyl (C=O) groups excluding carboxylic acids is 1. The minimum absolute atomic E-state index is 0.211. The number of hydrogen-bond acceptors (Lipinski definition) is 3. The third-order valence-corrected chi connectivity index (χ3v) is 2.95. The van der Waals surface area contributed by atoms with Gasteiger partial charge in [0.15, 0.2) is 11.6 Å². The van der Waals surface area contributed by atoms with E-state index in [1.165, 1.54) is 6.07 Å². The van der Waals surface area contributed by atoms with Crippen molar-refractivity contribution in [1.82, 2.24) is 10.8 Å². The Bertz CT molecular complexity index is 608. The first kappa shape index (κ1) is 16.8. The van der Waals surface area contributed by atoms with Gasteiger partial charge < -0.3 is 10.1 Å². The summed E-state index contributed by atoms with van der Waals surface area (Å²) in [5.41, 5.74) is 3.26. The van der Waals surface area contributed by atoms with Gasteiger partial charge in [0.2, 0.25) is 0 Å². The molecule has 0 aliphatic carbocycles. The topological polar surface area (TPSA) is 59.6 Å². The van der Waals surface area contributed by atoms with E-state index in [1.807, 2.05) is 30.3 Å². The Balaban J connectivity index is 1.52. The van der Waals surface area contributed by atoms with E-state index in [4.69, 9.17) is 9.57 Å². The van der Waals surface area contributed by atoms with Crippen molar-refractivity contribution in [2.24, 2.45) is 0 Å². The first-order chi connectivity index (χ1) is 11.3. The SMILES string of the molecule is O=C(NCCCOc1ccccc1F)NOCc1ccccc1. The molecule has 2 aromatic rings. The second-order valence-corrected chi connectivity index (χ2v) is 4.76. The molecule has 122 valence electrons. The molecular formula is C17H19FN2O3. The van der Waals surface area contributed by atoms with E-state index in [-0.39, 0.29) is 5.75 Å². The van der Waals surface area contributed by atoms with Gasteiger partial charge in [-0.2, -0.15) is 0 Å². The van der Waals surface area contributed by atoms with Gasteiger partial charge in [-0.15, -0.1) is 0 Å². The largest absolute Gasteiger partial charge is 0.490 e. The summed E-state index contributed by atoms with van der Waals surface area (Å²) in [6.07, 6.45) is 0.556. The summed E-state index contributed by atoms with van der Waals surface area (Å²) in [5.74, 6) is -0.185. The van der Waals surface area contributed by atoms with Crippen LogP contribution in [0.4, 0.5) is 9.18 Å². The molecule has 0 fully saturated rings. The summed E-state index contributed by atoms with van der Waals surface area (Å²) < 4.78 is 18.6. The van der Waals surface area contributed by atoms with Crippen molar-refractivity contribution in [1.29, 1.82) is 0 Å². The number of amides is 2. The van der Waals surface area contributed by atoms with Crippen LogP contribution in [0.3, 0.4) is 0 Å². The molecule has 2 N–H and O–H groups in total. The van der Waals surface area contributed by atoms with E-state index in [0.717, 1.165) is 5.56 Å². The lowest BCUT2D eigenvalue weighted by atomic mass is 10.2. The van der Waals surface area contributed by atoms with Crippen LogP contribution in [0, 0.1) is 5.82 Å². The van der Waals surface area contributed by atoms with Gasteiger partial charge in [-0.05, 0) is 24.1 Å². The number of para-hydroxylation sites is 1. The molecule has 5 nitrogen and oxygen atoms in total. The fourth-order valence-electron chi connectivity index (χ4n) is 1.81. The second-order valence-electron chi connectivity index (χ2n) is 4.76. The number of nitrogens with one attached hydrogen (secondary N) is 2. The molecule has 0 atom stereocenters. The summed E-state index contributed by atoms with van der Waals surface area (Å²) in [7, 11) is 0. The molecule has 0 radical (unpaired) electrons. The first-order valence-electron chi connectivity index (χ1n) is 7.32. The average molecular weight is 318 g/mol. The Morgan fingerprint density at radius 3 is 2.57 bits per heavy atom. The monoisotopic (exact) mass is 318 g/mol. The number of hydrogen-bond donors (Lipinski definition) is 2. The third-order valence-electron chi connectivity index (χ3n) is 2.95. The van der Waals surface area contributed by atoms with Crippen molar-refractivity contribution in [2.45, 2.75) is 13.0 Å². The summed E-state index contributed by atoms with van der Waals surface area (Å²) in [6, 6.07) is 15.3. The van der Waals surface area contributed by atoms with E-state index in [2.05, 4.69) is 10.8 Å². The zero-order chi connectivity index (χ0) is 16.3. The van der Waals surface area contributed by atoms with Crippen molar-refractivity contribution >= 4 is 6.03 Å². The summed E-state index contributed by atoms with van der Waals surface area (Å²) in [4.78, 5) is 16.6. The Morgan fingerprint density at radius 2 is 1.78 bits per heavy atom. The van der Waals surface area contributed by atoms with Crippen molar-refractivity contribution in [2.75, 3.05) is 13.2 Å². The standard InChI is InChI=1S/C17H19FN2O3/c18-15-9-4-5-10-16(15)22-12-6-11-19-17(21)20-23-13-14-7-2-1-3-8-14/h1-5,7-10H,6,11-13H2,(H2,19,20,21). The highest BCUT2D eigenvalue weighted by molar-refractivity contribution is 5.72. The first-order valence-corrected chi connectivity index (χ1v) is 7.32. The van der Waals surface area contributed by atoms with Gasteiger partial charge in [0.25, 0.3) is 0 Å². The molecule has 0 heterocycles. The number of rotatable bonds is 8. The van der Waals surface area contributed by atoms with Crippen LogP contribution < -0.4 is 15.5 Å². The molecule has 2 aromatic carbocycles. The highest BCUT2D eigenvalue weighted by Crippen LogP contribution is 2.15. The molecule has 0 unspecified atom stereocenters. The van der Waals surface area contributed by atoms with Gasteiger partial charge in [-0.3, -0.25) is 4.84 Å². The average Bonchev–Trinajstić information content (AvgIpc) is 2.57. The molecule has 0 aromatic heterocycles. The molecular weight excluding hydrogens is 299 g/mol. The molecule has 0 bridgehead atoms. The van der Waals surface area contributed by atoms with Crippen molar-refractivity contribution in [3.8, 4) is 5.75 Å². The molecule has 2 amide bonds. The maximum atomic E-state index is 13.3. The lowest BCUT2D eigenvalue weighted by Crippen LogP contribution is -2.36. The van der Waals surface area contributed by atoms with Crippen LogP contribution in [0.2, 0.25) is 0 Å². The summed E-state index contributed by atoms with van der Waals surface area (Å²) in [5, 5.41) is 2.62. The van der Waals surface area contributed by atoms with E-state index in [9.17, 15) is 9.18 Å². The lowest BCUT2D eigenvalue weighted by Gasteiger charge is -2.09. The fourth-order valence-corrected chi connectivity index (χ4v) is 1.81. The highest BCUT2D eigenvalue weighted by Gasteiger charge is 2.02. The van der Waals surface area contributed by atoms with Crippen LogP contribution in [0.5, 0.6) is 5.75 Å². The predicted octanol–water partition coefficient (Wildman–Crippen LogP) is 3.03. The molecule has 0 saturated heterocycles. The summed E-state index contributed by atoms with van der Waals surface area (Å²) in [6.45, 7) is 1.01. The maximum Gasteiger partial charge on any atom is 0.338 e. The van der Waals surface area contributed by atoms with Gasteiger partial charge in [-0.1, -0.05) is 42.5 Å². The molecule has 0 spiro atoms. The molecule has 6 heteroatoms. The van der Waals surface area contributed by atoms with Gasteiger partial charge in [0.05, 0.1) is 13.2 Å². The van der Waals surface area contributed by atoms with Crippen LogP contribution in [-0.2, 0) is 11.4 Å². The van der Waals surface area contributed by atoms with E-state index in [0.29, 0.717) is 26.2 Å². The minimum Gasteiger partial charge on any atom is -0.490 e. The van der Waals surface area contributed by atoms with Gasteiger partial charge in [0.1, 0.15) is 0 Å². The predicted molar refractivity (Wildman–Crippen MR) is 84.3 cm³/mol. The summed E-state index contributed by atoms with van der Waals surface area (Å²) >= 11 is 0. The smallest absolute Gasteiger partial charge is 0.338 e. The fraction of sp³-hybridized carbons (Fsp3) is 0.235. The van der Waals surface area contributed by atoms with Crippen LogP contribution in [-0.4, -0.2) is 19.2 Å². The Kier molecular flexibility index (Phi) is 6.87. The molecule has 0 aliphatic heterocycles. The van der Waals surface area contributed by atoms with Gasteiger partial charge in [-0.25, -0.2) is 14.7 Å². The van der Waals surface area contributed by atoms with Crippen LogP contribution in [0.25, 0.3) is 0 Å². The van der Waals surface area contributed by atoms with Crippen molar-refractivity contribution in [3.05, 3.63) is 66.0 Å². The minimum atomic E-state index is -0.424. The van der Waals surface area contributed by atoms with E-state index >= 15 is 0 Å². The van der Waals surface area contributed by atoms with Crippen molar-refractivity contribution in [3.63, 3.8) is 0 Å². The third kappa shape index (κ3) is 6.36. The van der Waals surface area contributed by atoms with Gasteiger partial charge in [0, 0.05) is 6.54 Å². The maximum absolute atomic E-state index is 13.3. The highest BCUT2D eigenvalue weighted by atomic mass is 19.1. The van der Waals surface area contributed by atoms with Crippen LogP contribution in [0.15, 0.2) is 54.6 Å². The zero-order valence-electron chi connectivity index (χ0n) is 12.6. The van der Waals surface area contributed by atoms with E-state index < -0.39 is 11.8 Å². The Morgan fingerprint density at radius 1 is 1.04 bits per heavy atom. The molecule has 2 rings (SSSR count). The van der Waals surface area contributed by atoms with Crippen LogP contribution in [0.1, 0.15) is 12.0 Å². The second kappa shape index (κ2) is 9.42. The Labute approximate surface area is 134 Å². The molecule has 23 heavy (non-hydrogen) atoms. The number of carbonyl (C=O) groups is 1. The number of urea groups is 1. The lowest BCUT2D eigenvalue weighted by molar-refractivity contribution is 0.0490. The normalized spacial score (nSPS) is 10.1. The zero-order valence-corrected chi connectivity index (χ0v) is 12.6. The Hall–Kier alpha value is -2.60.